The minimum Gasteiger partial charge on any atom is -0.481 e. The van der Waals surface area contributed by atoms with E-state index in [-0.39, 0.29) is 18.2 Å². The normalized spacial score (nSPS) is 25.8. The Balaban J connectivity index is 2.16. The molecule has 1 unspecified atom stereocenters. The first-order valence-electron chi connectivity index (χ1n) is 6.97. The van der Waals surface area contributed by atoms with Gasteiger partial charge in [-0.3, -0.25) is 4.79 Å². The maximum Gasteiger partial charge on any atom is 0.410 e. The van der Waals surface area contributed by atoms with Gasteiger partial charge in [-0.05, 0) is 40.0 Å². The van der Waals surface area contributed by atoms with Crippen LogP contribution in [0, 0.1) is 5.92 Å². The molecule has 0 aromatic rings. The number of carboxylic acid groups (broad SMARTS) is 1. The van der Waals surface area contributed by atoms with E-state index in [9.17, 15) is 14.7 Å². The summed E-state index contributed by atoms with van der Waals surface area (Å²) in [5, 5.41) is 9.21. The second kappa shape index (κ2) is 4.69. The third-order valence-electron chi connectivity index (χ3n) is 4.10. The van der Waals surface area contributed by atoms with Crippen LogP contribution in [0.15, 0.2) is 0 Å². The summed E-state index contributed by atoms with van der Waals surface area (Å²) in [4.78, 5) is 25.2. The van der Waals surface area contributed by atoms with Gasteiger partial charge in [0, 0.05) is 12.1 Å². The van der Waals surface area contributed by atoms with E-state index >= 15 is 0 Å². The number of carbonyl (C=O) groups is 2. The molecule has 0 aromatic heterocycles. The second-order valence-corrected chi connectivity index (χ2v) is 6.76. The number of ether oxygens (including phenoxy) is 1. The number of carboxylic acids is 1. The van der Waals surface area contributed by atoms with Crippen molar-refractivity contribution in [2.24, 2.45) is 5.92 Å². The molecule has 1 aliphatic carbocycles. The van der Waals surface area contributed by atoms with Gasteiger partial charge < -0.3 is 14.7 Å². The number of hydrogen-bond acceptors (Lipinski definition) is 3. The molecule has 1 atom stereocenters. The lowest BCUT2D eigenvalue weighted by atomic mass is 9.91. The average Bonchev–Trinajstić information content (AvgIpc) is 2.84. The van der Waals surface area contributed by atoms with Crippen molar-refractivity contribution in [3.63, 3.8) is 0 Å². The number of hydrogen-bond donors (Lipinski definition) is 1. The van der Waals surface area contributed by atoms with Crippen LogP contribution in [0.25, 0.3) is 0 Å². The predicted molar refractivity (Wildman–Crippen MR) is 69.9 cm³/mol. The van der Waals surface area contributed by atoms with Gasteiger partial charge in [0.15, 0.2) is 0 Å². The summed E-state index contributed by atoms with van der Waals surface area (Å²) in [6, 6.07) is 0. The summed E-state index contributed by atoms with van der Waals surface area (Å²) in [6.07, 6.45) is 4.13. The zero-order valence-electron chi connectivity index (χ0n) is 11.9. The van der Waals surface area contributed by atoms with Crippen molar-refractivity contribution in [3.8, 4) is 0 Å². The summed E-state index contributed by atoms with van der Waals surface area (Å²) in [5.41, 5.74) is -0.816. The highest BCUT2D eigenvalue weighted by Gasteiger charge is 2.52. The van der Waals surface area contributed by atoms with Crippen molar-refractivity contribution in [2.45, 2.75) is 64.0 Å². The number of aliphatic carboxylic acids is 1. The monoisotopic (exact) mass is 269 g/mol. The van der Waals surface area contributed by atoms with E-state index in [2.05, 4.69) is 0 Å². The molecule has 2 rings (SSSR count). The van der Waals surface area contributed by atoms with E-state index in [0.717, 1.165) is 25.7 Å². The van der Waals surface area contributed by atoms with Crippen LogP contribution in [0.2, 0.25) is 0 Å². The molecule has 1 amide bonds. The first kappa shape index (κ1) is 14.2. The summed E-state index contributed by atoms with van der Waals surface area (Å²) in [6.45, 7) is 5.77. The maximum absolute atomic E-state index is 12.3. The fourth-order valence-corrected chi connectivity index (χ4v) is 3.31. The zero-order valence-corrected chi connectivity index (χ0v) is 11.9. The van der Waals surface area contributed by atoms with Gasteiger partial charge in [0.05, 0.1) is 5.92 Å². The van der Waals surface area contributed by atoms with Gasteiger partial charge in [-0.25, -0.2) is 4.79 Å². The molecule has 5 heteroatoms. The van der Waals surface area contributed by atoms with Crippen LogP contribution in [-0.2, 0) is 9.53 Å². The van der Waals surface area contributed by atoms with Crippen LogP contribution in [0.3, 0.4) is 0 Å². The fraction of sp³-hybridized carbons (Fsp3) is 0.857. The molecular formula is C14H23NO4. The van der Waals surface area contributed by atoms with Crippen LogP contribution in [-0.4, -0.2) is 39.8 Å². The maximum atomic E-state index is 12.3. The first-order chi connectivity index (χ1) is 8.73. The summed E-state index contributed by atoms with van der Waals surface area (Å²) in [5.74, 6) is -1.26. The van der Waals surface area contributed by atoms with Crippen LogP contribution in [0.1, 0.15) is 52.9 Å². The Hall–Kier alpha value is -1.26. The lowest BCUT2D eigenvalue weighted by Gasteiger charge is -2.36. The van der Waals surface area contributed by atoms with E-state index in [4.69, 9.17) is 4.74 Å². The topological polar surface area (TPSA) is 66.8 Å². The highest BCUT2D eigenvalue weighted by Crippen LogP contribution is 2.45. The molecular weight excluding hydrogens is 246 g/mol. The quantitative estimate of drug-likeness (QED) is 0.794. The largest absolute Gasteiger partial charge is 0.481 e. The van der Waals surface area contributed by atoms with Crippen molar-refractivity contribution in [2.75, 3.05) is 6.54 Å². The van der Waals surface area contributed by atoms with E-state index < -0.39 is 17.5 Å². The van der Waals surface area contributed by atoms with Gasteiger partial charge in [0.2, 0.25) is 0 Å². The molecule has 19 heavy (non-hydrogen) atoms. The van der Waals surface area contributed by atoms with Gasteiger partial charge in [-0.2, -0.15) is 0 Å². The molecule has 0 aromatic carbocycles. The van der Waals surface area contributed by atoms with Crippen LogP contribution in [0.4, 0.5) is 4.79 Å². The molecule has 1 saturated carbocycles. The van der Waals surface area contributed by atoms with Gasteiger partial charge in [0.25, 0.3) is 0 Å². The molecule has 1 aliphatic heterocycles. The molecule has 1 spiro atoms. The zero-order chi connectivity index (χ0) is 14.3. The van der Waals surface area contributed by atoms with Crippen molar-refractivity contribution in [1.29, 1.82) is 0 Å². The molecule has 1 heterocycles. The van der Waals surface area contributed by atoms with E-state index in [1.807, 2.05) is 20.8 Å². The van der Waals surface area contributed by atoms with E-state index in [1.165, 1.54) is 0 Å². The molecule has 5 nitrogen and oxygen atoms in total. The standard InChI is InChI=1S/C14H23NO4/c1-13(2,3)19-12(18)15-9-10(11(16)17)8-14(15)6-4-5-7-14/h10H,4-9H2,1-3H3,(H,16,17). The molecule has 0 radical (unpaired) electrons. The van der Waals surface area contributed by atoms with Crippen molar-refractivity contribution in [1.82, 2.24) is 4.90 Å². The third kappa shape index (κ3) is 2.85. The number of rotatable bonds is 1. The third-order valence-corrected chi connectivity index (χ3v) is 4.10. The first-order valence-corrected chi connectivity index (χ1v) is 6.97. The number of carbonyl (C=O) groups excluding carboxylic acids is 1. The Bertz CT molecular complexity index is 379. The second-order valence-electron chi connectivity index (χ2n) is 6.76. The van der Waals surface area contributed by atoms with Gasteiger partial charge in [-0.15, -0.1) is 0 Å². The number of amides is 1. The average molecular weight is 269 g/mol. The molecule has 1 saturated heterocycles. The van der Waals surface area contributed by atoms with Gasteiger partial charge in [-0.1, -0.05) is 12.8 Å². The molecule has 0 bridgehead atoms. The van der Waals surface area contributed by atoms with Crippen molar-refractivity contribution < 1.29 is 19.4 Å². The van der Waals surface area contributed by atoms with Crippen LogP contribution in [0.5, 0.6) is 0 Å². The van der Waals surface area contributed by atoms with E-state index in [1.54, 1.807) is 4.90 Å². The lowest BCUT2D eigenvalue weighted by Crippen LogP contribution is -2.47. The number of likely N-dealkylation sites (tertiary alicyclic amines) is 1. The van der Waals surface area contributed by atoms with Crippen LogP contribution >= 0.6 is 0 Å². The Morgan fingerprint density at radius 3 is 2.32 bits per heavy atom. The fourth-order valence-electron chi connectivity index (χ4n) is 3.31. The molecule has 1 N–H and O–H groups in total. The molecule has 108 valence electrons. The molecule has 2 aliphatic rings. The molecule has 2 fully saturated rings. The Morgan fingerprint density at radius 2 is 1.84 bits per heavy atom. The number of nitrogens with zero attached hydrogens (tertiary/aromatic N) is 1. The summed E-state index contributed by atoms with van der Waals surface area (Å²) >= 11 is 0. The predicted octanol–water partition coefficient (Wildman–Crippen LogP) is 2.64. The smallest absolute Gasteiger partial charge is 0.410 e. The summed E-state index contributed by atoms with van der Waals surface area (Å²) < 4.78 is 5.43. The van der Waals surface area contributed by atoms with Gasteiger partial charge >= 0.3 is 12.1 Å². The van der Waals surface area contributed by atoms with Crippen molar-refractivity contribution in [3.05, 3.63) is 0 Å². The Morgan fingerprint density at radius 1 is 1.26 bits per heavy atom. The van der Waals surface area contributed by atoms with Crippen LogP contribution < -0.4 is 0 Å². The SMILES string of the molecule is CC(C)(C)OC(=O)N1CC(C(=O)O)CC12CCCC2. The lowest BCUT2D eigenvalue weighted by molar-refractivity contribution is -0.141. The minimum absolute atomic E-state index is 0.272. The van der Waals surface area contributed by atoms with Crippen molar-refractivity contribution >= 4 is 12.1 Å². The van der Waals surface area contributed by atoms with Gasteiger partial charge in [0.1, 0.15) is 5.60 Å². The van der Waals surface area contributed by atoms with E-state index in [0.29, 0.717) is 6.42 Å². The Kier molecular flexibility index (Phi) is 3.49. The highest BCUT2D eigenvalue weighted by atomic mass is 16.6. The highest BCUT2D eigenvalue weighted by molar-refractivity contribution is 5.75. The Labute approximate surface area is 113 Å². The summed E-state index contributed by atoms with van der Waals surface area (Å²) in [7, 11) is 0. The minimum atomic E-state index is -0.808.